The molecule has 1 aliphatic rings. The summed E-state index contributed by atoms with van der Waals surface area (Å²) in [5.41, 5.74) is 11.7. The second kappa shape index (κ2) is 4.07. The van der Waals surface area contributed by atoms with E-state index in [0.29, 0.717) is 5.92 Å². The van der Waals surface area contributed by atoms with E-state index in [0.717, 1.165) is 0 Å². The Morgan fingerprint density at radius 3 is 2.09 bits per heavy atom. The minimum Gasteiger partial charge on any atom is -0.327 e. The van der Waals surface area contributed by atoms with E-state index < -0.39 is 0 Å². The van der Waals surface area contributed by atoms with Gasteiger partial charge in [0.25, 0.3) is 0 Å². The molecule has 0 aromatic carbocycles. The van der Waals surface area contributed by atoms with Crippen LogP contribution in [0.4, 0.5) is 0 Å². The summed E-state index contributed by atoms with van der Waals surface area (Å²) < 4.78 is 0. The lowest BCUT2D eigenvalue weighted by Crippen LogP contribution is -2.45. The first-order chi connectivity index (χ1) is 5.22. The van der Waals surface area contributed by atoms with Crippen molar-refractivity contribution >= 4 is 0 Å². The van der Waals surface area contributed by atoms with Crippen molar-refractivity contribution in [2.45, 2.75) is 51.1 Å². The van der Waals surface area contributed by atoms with Gasteiger partial charge in [-0.2, -0.15) is 0 Å². The maximum atomic E-state index is 5.97. The van der Waals surface area contributed by atoms with E-state index >= 15 is 0 Å². The van der Waals surface area contributed by atoms with E-state index in [2.05, 4.69) is 0 Å². The van der Waals surface area contributed by atoms with Crippen molar-refractivity contribution in [3.63, 3.8) is 0 Å². The van der Waals surface area contributed by atoms with Gasteiger partial charge in [-0.1, -0.05) is 19.3 Å². The van der Waals surface area contributed by atoms with Crippen LogP contribution in [-0.2, 0) is 0 Å². The Kier molecular flexibility index (Phi) is 3.34. The molecule has 0 amide bonds. The number of hydrogen-bond donors (Lipinski definition) is 2. The highest BCUT2D eigenvalue weighted by atomic mass is 14.8. The summed E-state index contributed by atoms with van der Waals surface area (Å²) in [5.74, 6) is 0.698. The second-order valence-corrected chi connectivity index (χ2v) is 3.83. The molecule has 0 aliphatic heterocycles. The van der Waals surface area contributed by atoms with Crippen molar-refractivity contribution < 1.29 is 0 Å². The predicted octanol–water partition coefficient (Wildman–Crippen LogP) is 1.24. The molecule has 2 heteroatoms. The Bertz CT molecular complexity index is 106. The smallest absolute Gasteiger partial charge is 0.0218 e. The first-order valence-electron chi connectivity index (χ1n) is 4.73. The van der Waals surface area contributed by atoms with E-state index in [1.165, 1.54) is 32.1 Å². The summed E-state index contributed by atoms with van der Waals surface area (Å²) in [4.78, 5) is 0. The van der Waals surface area contributed by atoms with Crippen LogP contribution in [0, 0.1) is 5.92 Å². The van der Waals surface area contributed by atoms with Crippen LogP contribution >= 0.6 is 0 Å². The first kappa shape index (κ1) is 9.01. The van der Waals surface area contributed by atoms with Gasteiger partial charge < -0.3 is 11.5 Å². The summed E-state index contributed by atoms with van der Waals surface area (Å²) in [6, 6.07) is 0.397. The van der Waals surface area contributed by atoms with Crippen molar-refractivity contribution in [3.8, 4) is 0 Å². The highest BCUT2D eigenvalue weighted by molar-refractivity contribution is 4.81. The zero-order valence-electron chi connectivity index (χ0n) is 7.42. The standard InChI is InChI=1S/C9H20N2/c1-7(10)9(11)8-5-3-2-4-6-8/h7-9H,2-6,10-11H2,1H3. The Morgan fingerprint density at radius 1 is 1.09 bits per heavy atom. The minimum absolute atomic E-state index is 0.165. The lowest BCUT2D eigenvalue weighted by Gasteiger charge is -2.29. The van der Waals surface area contributed by atoms with Crippen molar-refractivity contribution in [1.29, 1.82) is 0 Å². The second-order valence-electron chi connectivity index (χ2n) is 3.83. The fourth-order valence-electron chi connectivity index (χ4n) is 1.95. The SMILES string of the molecule is CC(N)C(N)C1CCCCC1. The number of hydrogen-bond acceptors (Lipinski definition) is 2. The van der Waals surface area contributed by atoms with Crippen LogP contribution in [0.25, 0.3) is 0 Å². The molecule has 4 N–H and O–H groups in total. The topological polar surface area (TPSA) is 52.0 Å². The molecule has 1 aliphatic carbocycles. The molecule has 0 bridgehead atoms. The van der Waals surface area contributed by atoms with E-state index in [-0.39, 0.29) is 12.1 Å². The van der Waals surface area contributed by atoms with E-state index in [1.54, 1.807) is 0 Å². The Balaban J connectivity index is 2.32. The van der Waals surface area contributed by atoms with Crippen molar-refractivity contribution in [1.82, 2.24) is 0 Å². The lowest BCUT2D eigenvalue weighted by atomic mass is 9.82. The molecule has 2 unspecified atom stereocenters. The molecule has 0 heterocycles. The highest BCUT2D eigenvalue weighted by Gasteiger charge is 2.22. The van der Waals surface area contributed by atoms with E-state index in [9.17, 15) is 0 Å². The van der Waals surface area contributed by atoms with Gasteiger partial charge in [0.1, 0.15) is 0 Å². The molecule has 0 aromatic rings. The van der Waals surface area contributed by atoms with Crippen molar-refractivity contribution in [2.75, 3.05) is 0 Å². The van der Waals surface area contributed by atoms with Gasteiger partial charge in [0.05, 0.1) is 0 Å². The minimum atomic E-state index is 0.165. The van der Waals surface area contributed by atoms with Gasteiger partial charge >= 0.3 is 0 Å². The molecular weight excluding hydrogens is 136 g/mol. The molecule has 0 aromatic heterocycles. The summed E-state index contributed by atoms with van der Waals surface area (Å²) in [7, 11) is 0. The summed E-state index contributed by atoms with van der Waals surface area (Å²) in [6.45, 7) is 2.01. The average molecular weight is 156 g/mol. The van der Waals surface area contributed by atoms with Crippen LogP contribution in [0.15, 0.2) is 0 Å². The molecule has 66 valence electrons. The predicted molar refractivity (Wildman–Crippen MR) is 48.2 cm³/mol. The van der Waals surface area contributed by atoms with Gasteiger partial charge in [-0.25, -0.2) is 0 Å². The maximum Gasteiger partial charge on any atom is 0.0218 e. The van der Waals surface area contributed by atoms with Crippen molar-refractivity contribution in [3.05, 3.63) is 0 Å². The van der Waals surface area contributed by atoms with E-state index in [4.69, 9.17) is 11.5 Å². The van der Waals surface area contributed by atoms with Gasteiger partial charge in [0.2, 0.25) is 0 Å². The fraction of sp³-hybridized carbons (Fsp3) is 1.00. The maximum absolute atomic E-state index is 5.97. The van der Waals surface area contributed by atoms with Gasteiger partial charge in [-0.3, -0.25) is 0 Å². The summed E-state index contributed by atoms with van der Waals surface area (Å²) in [5, 5.41) is 0. The number of rotatable bonds is 2. The van der Waals surface area contributed by atoms with Crippen LogP contribution in [-0.4, -0.2) is 12.1 Å². The quantitative estimate of drug-likeness (QED) is 0.632. The largest absolute Gasteiger partial charge is 0.327 e. The highest BCUT2D eigenvalue weighted by Crippen LogP contribution is 2.26. The van der Waals surface area contributed by atoms with Crippen molar-refractivity contribution in [2.24, 2.45) is 17.4 Å². The third kappa shape index (κ3) is 2.46. The van der Waals surface area contributed by atoms with Gasteiger partial charge in [-0.05, 0) is 25.7 Å². The van der Waals surface area contributed by atoms with Gasteiger partial charge in [0.15, 0.2) is 0 Å². The number of nitrogens with two attached hydrogens (primary N) is 2. The van der Waals surface area contributed by atoms with Crippen LogP contribution in [0.5, 0.6) is 0 Å². The molecule has 11 heavy (non-hydrogen) atoms. The average Bonchev–Trinajstić information content (AvgIpc) is 2.05. The summed E-state index contributed by atoms with van der Waals surface area (Å²) >= 11 is 0. The molecule has 2 nitrogen and oxygen atoms in total. The first-order valence-corrected chi connectivity index (χ1v) is 4.73. The molecule has 0 saturated heterocycles. The van der Waals surface area contributed by atoms with Crippen LogP contribution < -0.4 is 11.5 Å². The fourth-order valence-corrected chi connectivity index (χ4v) is 1.95. The zero-order valence-corrected chi connectivity index (χ0v) is 7.42. The van der Waals surface area contributed by atoms with Crippen LogP contribution in [0.2, 0.25) is 0 Å². The molecule has 1 saturated carbocycles. The van der Waals surface area contributed by atoms with Gasteiger partial charge in [-0.15, -0.1) is 0 Å². The van der Waals surface area contributed by atoms with Crippen LogP contribution in [0.3, 0.4) is 0 Å². The van der Waals surface area contributed by atoms with E-state index in [1.807, 2.05) is 6.92 Å². The van der Waals surface area contributed by atoms with Crippen LogP contribution in [0.1, 0.15) is 39.0 Å². The molecule has 2 atom stereocenters. The Labute approximate surface area is 69.3 Å². The lowest BCUT2D eigenvalue weighted by molar-refractivity contribution is 0.283. The Hall–Kier alpha value is -0.0800. The third-order valence-electron chi connectivity index (χ3n) is 2.80. The molecule has 0 radical (unpaired) electrons. The van der Waals surface area contributed by atoms with Gasteiger partial charge in [0, 0.05) is 12.1 Å². The molecule has 0 spiro atoms. The Morgan fingerprint density at radius 2 is 1.64 bits per heavy atom. The molecule has 1 fully saturated rings. The zero-order chi connectivity index (χ0) is 8.27. The third-order valence-corrected chi connectivity index (χ3v) is 2.80. The summed E-state index contributed by atoms with van der Waals surface area (Å²) in [6.07, 6.45) is 6.68. The molecular formula is C9H20N2. The normalized spacial score (nSPS) is 26.5. The molecule has 1 rings (SSSR count). The monoisotopic (exact) mass is 156 g/mol.